The van der Waals surface area contributed by atoms with E-state index in [2.05, 4.69) is 50.4 Å². The molecule has 0 bridgehead atoms. The molecule has 0 spiro atoms. The minimum absolute atomic E-state index is 0.329. The third-order valence-electron chi connectivity index (χ3n) is 2.60. The Morgan fingerprint density at radius 3 is 2.31 bits per heavy atom. The predicted molar refractivity (Wildman–Crippen MR) is 70.6 cm³/mol. The van der Waals surface area contributed by atoms with E-state index < -0.39 is 0 Å². The molecule has 0 amide bonds. The molecule has 90 valence electrons. The van der Waals surface area contributed by atoms with Crippen molar-refractivity contribution in [2.75, 3.05) is 19.6 Å². The predicted octanol–water partition coefficient (Wildman–Crippen LogP) is 2.36. The van der Waals surface area contributed by atoms with Gasteiger partial charge in [0, 0.05) is 25.6 Å². The number of hydrogen-bond acceptors (Lipinski definition) is 2. The van der Waals surface area contributed by atoms with Crippen molar-refractivity contribution in [1.82, 2.24) is 5.32 Å². The standard InChI is InChI=1S/C14H24N2/c1-14(2,3)11-16-10-13(9-15)12-7-5-4-6-8-12/h4-8,13,16H,9-11,15H2,1-3H3. The minimum Gasteiger partial charge on any atom is -0.330 e. The summed E-state index contributed by atoms with van der Waals surface area (Å²) in [5.74, 6) is 0.420. The second-order valence-electron chi connectivity index (χ2n) is 5.53. The van der Waals surface area contributed by atoms with Gasteiger partial charge in [-0.2, -0.15) is 0 Å². The summed E-state index contributed by atoms with van der Waals surface area (Å²) in [6.45, 7) is 9.38. The SMILES string of the molecule is CC(C)(C)CNCC(CN)c1ccccc1. The Balaban J connectivity index is 2.45. The molecule has 1 aromatic carbocycles. The number of hydrogen-bond donors (Lipinski definition) is 2. The molecule has 16 heavy (non-hydrogen) atoms. The molecule has 3 N–H and O–H groups in total. The zero-order valence-electron chi connectivity index (χ0n) is 10.7. The van der Waals surface area contributed by atoms with E-state index in [1.54, 1.807) is 0 Å². The van der Waals surface area contributed by atoms with E-state index in [1.807, 2.05) is 6.07 Å². The van der Waals surface area contributed by atoms with Crippen molar-refractivity contribution in [2.45, 2.75) is 26.7 Å². The molecule has 1 rings (SSSR count). The number of nitrogens with two attached hydrogens (primary N) is 1. The second-order valence-corrected chi connectivity index (χ2v) is 5.53. The second kappa shape index (κ2) is 6.02. The van der Waals surface area contributed by atoms with E-state index in [-0.39, 0.29) is 0 Å². The van der Waals surface area contributed by atoms with E-state index >= 15 is 0 Å². The monoisotopic (exact) mass is 220 g/mol. The van der Waals surface area contributed by atoms with Crippen molar-refractivity contribution >= 4 is 0 Å². The first kappa shape index (κ1) is 13.2. The number of rotatable bonds is 5. The molecule has 2 heteroatoms. The number of benzene rings is 1. The first-order valence-corrected chi connectivity index (χ1v) is 5.98. The van der Waals surface area contributed by atoms with Gasteiger partial charge in [0.05, 0.1) is 0 Å². The van der Waals surface area contributed by atoms with Gasteiger partial charge in [0.15, 0.2) is 0 Å². The third kappa shape index (κ3) is 4.77. The van der Waals surface area contributed by atoms with Crippen LogP contribution in [0.5, 0.6) is 0 Å². The third-order valence-corrected chi connectivity index (χ3v) is 2.60. The molecule has 1 aromatic rings. The average molecular weight is 220 g/mol. The Bertz CT molecular complexity index is 287. The van der Waals surface area contributed by atoms with Crippen LogP contribution in [0.1, 0.15) is 32.3 Å². The lowest BCUT2D eigenvalue weighted by atomic mass is 9.95. The lowest BCUT2D eigenvalue weighted by molar-refractivity contribution is 0.374. The fraction of sp³-hybridized carbons (Fsp3) is 0.571. The van der Waals surface area contributed by atoms with Crippen LogP contribution in [0.25, 0.3) is 0 Å². The van der Waals surface area contributed by atoms with E-state index in [9.17, 15) is 0 Å². The highest BCUT2D eigenvalue weighted by atomic mass is 14.9. The molecule has 0 heterocycles. The molecule has 0 fully saturated rings. The topological polar surface area (TPSA) is 38.0 Å². The molecule has 0 aliphatic rings. The van der Waals surface area contributed by atoms with Gasteiger partial charge in [0.2, 0.25) is 0 Å². The van der Waals surface area contributed by atoms with Gasteiger partial charge in [0.25, 0.3) is 0 Å². The Morgan fingerprint density at radius 2 is 1.81 bits per heavy atom. The van der Waals surface area contributed by atoms with Crippen molar-refractivity contribution in [3.63, 3.8) is 0 Å². The first-order chi connectivity index (χ1) is 7.53. The van der Waals surface area contributed by atoms with Gasteiger partial charge in [0.1, 0.15) is 0 Å². The minimum atomic E-state index is 0.329. The summed E-state index contributed by atoms with van der Waals surface area (Å²) < 4.78 is 0. The van der Waals surface area contributed by atoms with E-state index in [0.717, 1.165) is 13.1 Å². The maximum atomic E-state index is 5.81. The Kier molecular flexibility index (Phi) is 4.97. The zero-order chi connectivity index (χ0) is 12.0. The molecule has 0 saturated carbocycles. The van der Waals surface area contributed by atoms with Crippen LogP contribution in [-0.4, -0.2) is 19.6 Å². The molecule has 0 radical (unpaired) electrons. The summed E-state index contributed by atoms with van der Waals surface area (Å²) >= 11 is 0. The first-order valence-electron chi connectivity index (χ1n) is 5.98. The maximum absolute atomic E-state index is 5.81. The van der Waals surface area contributed by atoms with Gasteiger partial charge in [-0.25, -0.2) is 0 Å². The summed E-state index contributed by atoms with van der Waals surface area (Å²) in [7, 11) is 0. The highest BCUT2D eigenvalue weighted by Gasteiger charge is 2.12. The summed E-state index contributed by atoms with van der Waals surface area (Å²) in [6.07, 6.45) is 0. The number of nitrogens with one attached hydrogen (secondary N) is 1. The van der Waals surface area contributed by atoms with Crippen molar-refractivity contribution in [2.24, 2.45) is 11.1 Å². The summed E-state index contributed by atoms with van der Waals surface area (Å²) in [5.41, 5.74) is 7.47. The summed E-state index contributed by atoms with van der Waals surface area (Å²) in [6, 6.07) is 10.5. The van der Waals surface area contributed by atoms with Gasteiger partial charge in [-0.15, -0.1) is 0 Å². The molecular formula is C14H24N2. The van der Waals surface area contributed by atoms with Crippen LogP contribution in [0.2, 0.25) is 0 Å². The normalized spacial score (nSPS) is 13.8. The highest BCUT2D eigenvalue weighted by molar-refractivity contribution is 5.20. The van der Waals surface area contributed by atoms with Gasteiger partial charge < -0.3 is 11.1 Å². The highest BCUT2D eigenvalue weighted by Crippen LogP contribution is 2.14. The van der Waals surface area contributed by atoms with Crippen LogP contribution in [0.3, 0.4) is 0 Å². The molecule has 1 atom stereocenters. The maximum Gasteiger partial charge on any atom is 0.00863 e. The van der Waals surface area contributed by atoms with Crippen LogP contribution in [0.15, 0.2) is 30.3 Å². The van der Waals surface area contributed by atoms with Gasteiger partial charge >= 0.3 is 0 Å². The fourth-order valence-corrected chi connectivity index (χ4v) is 1.68. The van der Waals surface area contributed by atoms with Crippen molar-refractivity contribution in [1.29, 1.82) is 0 Å². The molecule has 0 saturated heterocycles. The van der Waals surface area contributed by atoms with E-state index in [1.165, 1.54) is 5.56 Å². The van der Waals surface area contributed by atoms with Gasteiger partial charge in [-0.05, 0) is 11.0 Å². The molecule has 2 nitrogen and oxygen atoms in total. The quantitative estimate of drug-likeness (QED) is 0.799. The molecular weight excluding hydrogens is 196 g/mol. The summed E-state index contributed by atoms with van der Waals surface area (Å²) in [5, 5.41) is 3.49. The van der Waals surface area contributed by atoms with Crippen LogP contribution >= 0.6 is 0 Å². The molecule has 0 aromatic heterocycles. The molecule has 1 unspecified atom stereocenters. The van der Waals surface area contributed by atoms with Crippen molar-refractivity contribution in [3.8, 4) is 0 Å². The zero-order valence-corrected chi connectivity index (χ0v) is 10.7. The van der Waals surface area contributed by atoms with E-state index in [4.69, 9.17) is 5.73 Å². The van der Waals surface area contributed by atoms with Gasteiger partial charge in [-0.1, -0.05) is 51.1 Å². The van der Waals surface area contributed by atoms with Gasteiger partial charge in [-0.3, -0.25) is 0 Å². The van der Waals surface area contributed by atoms with Crippen LogP contribution < -0.4 is 11.1 Å². The summed E-state index contributed by atoms with van der Waals surface area (Å²) in [4.78, 5) is 0. The smallest absolute Gasteiger partial charge is 0.00863 e. The molecule has 0 aliphatic carbocycles. The lowest BCUT2D eigenvalue weighted by Gasteiger charge is -2.22. The Hall–Kier alpha value is -0.860. The average Bonchev–Trinajstić information content (AvgIpc) is 2.24. The van der Waals surface area contributed by atoms with E-state index in [0.29, 0.717) is 17.9 Å². The largest absolute Gasteiger partial charge is 0.330 e. The van der Waals surface area contributed by atoms with Crippen LogP contribution in [0.4, 0.5) is 0 Å². The van der Waals surface area contributed by atoms with Crippen LogP contribution in [0, 0.1) is 5.41 Å². The van der Waals surface area contributed by atoms with Crippen LogP contribution in [-0.2, 0) is 0 Å². The Labute approximate surface area is 99.2 Å². The molecule has 0 aliphatic heterocycles. The van der Waals surface area contributed by atoms with Crippen molar-refractivity contribution in [3.05, 3.63) is 35.9 Å². The van der Waals surface area contributed by atoms with Crippen molar-refractivity contribution < 1.29 is 0 Å². The lowest BCUT2D eigenvalue weighted by Crippen LogP contribution is -2.32. The Morgan fingerprint density at radius 1 is 1.19 bits per heavy atom. The fourth-order valence-electron chi connectivity index (χ4n) is 1.68.